The number of hydrogen-bond acceptors (Lipinski definition) is 2. The average Bonchev–Trinajstić information content (AvgIpc) is 2.79. The van der Waals surface area contributed by atoms with E-state index in [0.29, 0.717) is 13.0 Å². The monoisotopic (exact) mass is 268 g/mol. The first-order chi connectivity index (χ1) is 9.04. The summed E-state index contributed by atoms with van der Waals surface area (Å²) >= 11 is 0. The van der Waals surface area contributed by atoms with E-state index >= 15 is 0 Å². The molecule has 2 amide bonds. The van der Waals surface area contributed by atoms with Crippen LogP contribution in [0.2, 0.25) is 0 Å². The van der Waals surface area contributed by atoms with Crippen LogP contribution in [0, 0.1) is 5.92 Å². The molecule has 2 unspecified atom stereocenters. The Morgan fingerprint density at radius 2 is 1.89 bits per heavy atom. The van der Waals surface area contributed by atoms with E-state index in [0.717, 1.165) is 32.4 Å². The topological polar surface area (TPSA) is 40.6 Å². The number of carbonyl (C=O) groups is 2. The van der Waals surface area contributed by atoms with Gasteiger partial charge in [0.15, 0.2) is 0 Å². The third-order valence-electron chi connectivity index (χ3n) is 3.93. The van der Waals surface area contributed by atoms with Gasteiger partial charge >= 0.3 is 0 Å². The molecule has 0 N–H and O–H groups in total. The van der Waals surface area contributed by atoms with E-state index in [4.69, 9.17) is 0 Å². The molecule has 0 aromatic rings. The summed E-state index contributed by atoms with van der Waals surface area (Å²) < 4.78 is 0. The van der Waals surface area contributed by atoms with Gasteiger partial charge < -0.3 is 9.80 Å². The van der Waals surface area contributed by atoms with Gasteiger partial charge in [-0.1, -0.05) is 20.8 Å². The fourth-order valence-corrected chi connectivity index (χ4v) is 2.67. The molecule has 1 aliphatic rings. The molecule has 0 radical (unpaired) electrons. The number of rotatable bonds is 7. The maximum Gasteiger partial charge on any atom is 0.227 e. The Labute approximate surface area is 117 Å². The number of nitrogens with zero attached hydrogens (tertiary/aromatic N) is 2. The van der Waals surface area contributed by atoms with Crippen molar-refractivity contribution < 1.29 is 9.59 Å². The van der Waals surface area contributed by atoms with Crippen LogP contribution in [-0.4, -0.2) is 47.3 Å². The highest BCUT2D eigenvalue weighted by atomic mass is 16.2. The first kappa shape index (κ1) is 16.0. The van der Waals surface area contributed by atoms with Crippen LogP contribution in [-0.2, 0) is 9.59 Å². The molecule has 0 saturated carbocycles. The van der Waals surface area contributed by atoms with E-state index in [1.54, 1.807) is 0 Å². The molecule has 0 spiro atoms. The van der Waals surface area contributed by atoms with Gasteiger partial charge in [-0.25, -0.2) is 0 Å². The van der Waals surface area contributed by atoms with Gasteiger partial charge in [0.25, 0.3) is 0 Å². The lowest BCUT2D eigenvalue weighted by molar-refractivity contribution is -0.136. The second-order valence-electron chi connectivity index (χ2n) is 5.53. The van der Waals surface area contributed by atoms with Crippen molar-refractivity contribution >= 4 is 11.8 Å². The summed E-state index contributed by atoms with van der Waals surface area (Å²) in [5.74, 6) is 0.183. The first-order valence-corrected chi connectivity index (χ1v) is 7.63. The number of amides is 2. The fraction of sp³-hybridized carbons (Fsp3) is 0.867. The lowest BCUT2D eigenvalue weighted by Gasteiger charge is -2.26. The Bertz CT molecular complexity index is 311. The molecule has 2 atom stereocenters. The molecule has 4 nitrogen and oxygen atoms in total. The Balaban J connectivity index is 2.65. The highest BCUT2D eigenvalue weighted by molar-refractivity contribution is 5.89. The van der Waals surface area contributed by atoms with Gasteiger partial charge in [-0.05, 0) is 26.2 Å². The first-order valence-electron chi connectivity index (χ1n) is 7.63. The van der Waals surface area contributed by atoms with E-state index in [-0.39, 0.29) is 23.8 Å². The molecule has 0 aromatic carbocycles. The van der Waals surface area contributed by atoms with Crippen molar-refractivity contribution in [1.82, 2.24) is 9.80 Å². The van der Waals surface area contributed by atoms with E-state index in [2.05, 4.69) is 27.7 Å². The summed E-state index contributed by atoms with van der Waals surface area (Å²) in [4.78, 5) is 28.3. The van der Waals surface area contributed by atoms with Crippen LogP contribution in [0.3, 0.4) is 0 Å². The zero-order chi connectivity index (χ0) is 14.4. The molecule has 1 fully saturated rings. The fourth-order valence-electron chi connectivity index (χ4n) is 2.67. The smallest absolute Gasteiger partial charge is 0.227 e. The quantitative estimate of drug-likeness (QED) is 0.711. The molecule has 4 heteroatoms. The highest BCUT2D eigenvalue weighted by Gasteiger charge is 2.37. The maximum atomic E-state index is 12.5. The molecule has 0 aromatic heterocycles. The van der Waals surface area contributed by atoms with Gasteiger partial charge in [0.1, 0.15) is 0 Å². The van der Waals surface area contributed by atoms with Crippen molar-refractivity contribution in [3.8, 4) is 0 Å². The molecule has 110 valence electrons. The van der Waals surface area contributed by atoms with E-state index in [9.17, 15) is 9.59 Å². The van der Waals surface area contributed by atoms with Crippen molar-refractivity contribution in [2.24, 2.45) is 5.92 Å². The summed E-state index contributed by atoms with van der Waals surface area (Å²) in [5.41, 5.74) is 0. The van der Waals surface area contributed by atoms with Crippen molar-refractivity contribution in [3.05, 3.63) is 0 Å². The minimum Gasteiger partial charge on any atom is -0.342 e. The number of likely N-dealkylation sites (tertiary alicyclic amines) is 1. The van der Waals surface area contributed by atoms with Crippen molar-refractivity contribution in [3.63, 3.8) is 0 Å². The average molecular weight is 268 g/mol. The zero-order valence-electron chi connectivity index (χ0n) is 12.8. The number of carbonyl (C=O) groups excluding carboxylic acids is 2. The van der Waals surface area contributed by atoms with Gasteiger partial charge in [0.05, 0.1) is 5.92 Å². The van der Waals surface area contributed by atoms with Crippen molar-refractivity contribution in [2.45, 2.75) is 59.4 Å². The molecule has 1 saturated heterocycles. The molecular formula is C15H28N2O2. The van der Waals surface area contributed by atoms with E-state index in [1.165, 1.54) is 0 Å². The van der Waals surface area contributed by atoms with Gasteiger partial charge in [0.2, 0.25) is 11.8 Å². The van der Waals surface area contributed by atoms with Crippen LogP contribution in [0.15, 0.2) is 0 Å². The molecule has 1 aliphatic heterocycles. The van der Waals surface area contributed by atoms with Crippen LogP contribution >= 0.6 is 0 Å². The van der Waals surface area contributed by atoms with Crippen LogP contribution < -0.4 is 0 Å². The molecule has 0 bridgehead atoms. The summed E-state index contributed by atoms with van der Waals surface area (Å²) in [6, 6.07) is 0.246. The van der Waals surface area contributed by atoms with Crippen molar-refractivity contribution in [1.29, 1.82) is 0 Å². The minimum absolute atomic E-state index is 0.125. The zero-order valence-corrected chi connectivity index (χ0v) is 12.8. The Morgan fingerprint density at radius 3 is 2.37 bits per heavy atom. The third kappa shape index (κ3) is 3.95. The summed E-state index contributed by atoms with van der Waals surface area (Å²) in [7, 11) is 0. The van der Waals surface area contributed by atoms with Gasteiger partial charge in [0, 0.05) is 32.1 Å². The van der Waals surface area contributed by atoms with Gasteiger partial charge in [-0.3, -0.25) is 9.59 Å². The second-order valence-corrected chi connectivity index (χ2v) is 5.53. The Kier molecular flexibility index (Phi) is 6.32. The molecule has 1 rings (SSSR count). The predicted molar refractivity (Wildman–Crippen MR) is 76.7 cm³/mol. The molecule has 19 heavy (non-hydrogen) atoms. The summed E-state index contributed by atoms with van der Waals surface area (Å²) in [6.45, 7) is 10.5. The van der Waals surface area contributed by atoms with E-state index in [1.807, 2.05) is 9.80 Å². The normalized spacial score (nSPS) is 20.7. The predicted octanol–water partition coefficient (Wildman–Crippen LogP) is 2.28. The van der Waals surface area contributed by atoms with Crippen molar-refractivity contribution in [2.75, 3.05) is 19.6 Å². The maximum absolute atomic E-state index is 12.5. The SMILES string of the molecule is CCCN(CCC)C(=O)C1CC(=O)N(C(C)CC)C1. The van der Waals surface area contributed by atoms with Crippen LogP contribution in [0.4, 0.5) is 0 Å². The minimum atomic E-state index is -0.125. The molecule has 0 aliphatic carbocycles. The standard InChI is InChI=1S/C15H28N2O2/c1-5-8-16(9-6-2)15(19)13-10-14(18)17(11-13)12(4)7-3/h12-13H,5-11H2,1-4H3. The number of hydrogen-bond donors (Lipinski definition) is 0. The van der Waals surface area contributed by atoms with Gasteiger partial charge in [-0.15, -0.1) is 0 Å². The Morgan fingerprint density at radius 1 is 1.32 bits per heavy atom. The third-order valence-corrected chi connectivity index (χ3v) is 3.93. The largest absolute Gasteiger partial charge is 0.342 e. The van der Waals surface area contributed by atoms with Gasteiger partial charge in [-0.2, -0.15) is 0 Å². The van der Waals surface area contributed by atoms with Crippen LogP contribution in [0.25, 0.3) is 0 Å². The lowest BCUT2D eigenvalue weighted by atomic mass is 10.1. The van der Waals surface area contributed by atoms with Crippen LogP contribution in [0.1, 0.15) is 53.4 Å². The lowest BCUT2D eigenvalue weighted by Crippen LogP contribution is -2.39. The van der Waals surface area contributed by atoms with E-state index < -0.39 is 0 Å². The van der Waals surface area contributed by atoms with Crippen LogP contribution in [0.5, 0.6) is 0 Å². The second kappa shape index (κ2) is 7.51. The summed E-state index contributed by atoms with van der Waals surface area (Å²) in [6.07, 6.45) is 3.29. The molecular weight excluding hydrogens is 240 g/mol. The molecule has 1 heterocycles. The highest BCUT2D eigenvalue weighted by Crippen LogP contribution is 2.23. The summed E-state index contributed by atoms with van der Waals surface area (Å²) in [5, 5.41) is 0. The Hall–Kier alpha value is -1.06.